The van der Waals surface area contributed by atoms with Gasteiger partial charge in [0.15, 0.2) is 0 Å². The third-order valence-corrected chi connectivity index (χ3v) is 3.38. The molecule has 0 aliphatic rings. The van der Waals surface area contributed by atoms with Crippen LogP contribution in [0.4, 0.5) is 5.69 Å². The average Bonchev–Trinajstić information content (AvgIpc) is 2.57. The molecule has 1 heterocycles. The van der Waals surface area contributed by atoms with E-state index in [0.717, 1.165) is 0 Å². The Kier molecular flexibility index (Phi) is 5.09. The molecule has 2 aromatic rings. The number of methoxy groups -OCH3 is 3. The van der Waals surface area contributed by atoms with Crippen molar-refractivity contribution in [3.8, 4) is 11.8 Å². The second kappa shape index (κ2) is 7.04. The molecule has 0 fully saturated rings. The molecule has 128 valence electrons. The van der Waals surface area contributed by atoms with Crippen molar-refractivity contribution in [2.45, 2.75) is 12.5 Å². The van der Waals surface area contributed by atoms with E-state index in [1.54, 1.807) is 0 Å². The van der Waals surface area contributed by atoms with Crippen LogP contribution in [0, 0.1) is 10.1 Å². The Morgan fingerprint density at radius 1 is 1.25 bits per heavy atom. The standard InChI is InChI=1S/C14H16N4O6/c1-22-10(12(15)19)5-7-4-8(18(20)21)6-9-11(7)17-14(24-3)13(16-9)23-2/h4,6,10H,5H2,1-3H3,(H2,15,19). The molecule has 0 saturated heterocycles. The first-order valence-corrected chi connectivity index (χ1v) is 6.80. The first kappa shape index (κ1) is 17.3. The third-order valence-electron chi connectivity index (χ3n) is 3.38. The van der Waals surface area contributed by atoms with Crippen molar-refractivity contribution in [1.82, 2.24) is 9.97 Å². The summed E-state index contributed by atoms with van der Waals surface area (Å²) in [6, 6.07) is 2.57. The Morgan fingerprint density at radius 2 is 1.88 bits per heavy atom. The zero-order chi connectivity index (χ0) is 17.9. The SMILES string of the molecule is COc1nc2cc([N+](=O)[O-])cc(CC(OC)C(N)=O)c2nc1OC. The van der Waals surface area contributed by atoms with Crippen LogP contribution >= 0.6 is 0 Å². The predicted molar refractivity (Wildman–Crippen MR) is 83.0 cm³/mol. The molecule has 1 unspecified atom stereocenters. The van der Waals surface area contributed by atoms with Crippen LogP contribution in [0.2, 0.25) is 0 Å². The lowest BCUT2D eigenvalue weighted by Crippen LogP contribution is -2.32. The monoisotopic (exact) mass is 336 g/mol. The van der Waals surface area contributed by atoms with Gasteiger partial charge in [0.2, 0.25) is 5.91 Å². The van der Waals surface area contributed by atoms with Gasteiger partial charge in [0.1, 0.15) is 11.6 Å². The summed E-state index contributed by atoms with van der Waals surface area (Å²) in [5, 5.41) is 11.1. The molecule has 1 aromatic heterocycles. The van der Waals surface area contributed by atoms with Crippen molar-refractivity contribution in [1.29, 1.82) is 0 Å². The average molecular weight is 336 g/mol. The molecular weight excluding hydrogens is 320 g/mol. The van der Waals surface area contributed by atoms with E-state index in [1.165, 1.54) is 33.5 Å². The summed E-state index contributed by atoms with van der Waals surface area (Å²) in [5.74, 6) is -0.478. The zero-order valence-corrected chi connectivity index (χ0v) is 13.3. The van der Waals surface area contributed by atoms with E-state index in [4.69, 9.17) is 19.9 Å². The molecule has 10 nitrogen and oxygen atoms in total. The highest BCUT2D eigenvalue weighted by atomic mass is 16.6. The maximum absolute atomic E-state index is 11.4. The number of amides is 1. The normalized spacial score (nSPS) is 12.0. The number of fused-ring (bicyclic) bond motifs is 1. The lowest BCUT2D eigenvalue weighted by molar-refractivity contribution is -0.384. The van der Waals surface area contributed by atoms with Crippen molar-refractivity contribution in [2.24, 2.45) is 5.73 Å². The van der Waals surface area contributed by atoms with Crippen LogP contribution in [0.1, 0.15) is 5.56 Å². The van der Waals surface area contributed by atoms with Gasteiger partial charge in [0.05, 0.1) is 24.7 Å². The van der Waals surface area contributed by atoms with Gasteiger partial charge in [-0.1, -0.05) is 0 Å². The molecule has 0 spiro atoms. The highest BCUT2D eigenvalue weighted by Crippen LogP contribution is 2.30. The fourth-order valence-electron chi connectivity index (χ4n) is 2.21. The van der Waals surface area contributed by atoms with Crippen molar-refractivity contribution < 1.29 is 23.9 Å². The number of non-ortho nitro benzene ring substituents is 1. The van der Waals surface area contributed by atoms with Gasteiger partial charge in [-0.2, -0.15) is 0 Å². The van der Waals surface area contributed by atoms with E-state index in [0.29, 0.717) is 11.1 Å². The van der Waals surface area contributed by atoms with Crippen LogP contribution in [-0.4, -0.2) is 48.2 Å². The summed E-state index contributed by atoms with van der Waals surface area (Å²) in [6.45, 7) is 0. The Hall–Kier alpha value is -3.01. The number of ether oxygens (including phenoxy) is 3. The number of rotatable bonds is 7. The van der Waals surface area contributed by atoms with Gasteiger partial charge in [-0.15, -0.1) is 0 Å². The van der Waals surface area contributed by atoms with Gasteiger partial charge in [-0.05, 0) is 5.56 Å². The Morgan fingerprint density at radius 3 is 2.38 bits per heavy atom. The zero-order valence-electron chi connectivity index (χ0n) is 13.3. The fourth-order valence-corrected chi connectivity index (χ4v) is 2.21. The predicted octanol–water partition coefficient (Wildman–Crippen LogP) is 0.598. The molecule has 1 aromatic carbocycles. The second-order valence-electron chi connectivity index (χ2n) is 4.80. The number of primary amides is 1. The molecule has 0 radical (unpaired) electrons. The minimum Gasteiger partial charge on any atom is -0.477 e. The number of aromatic nitrogens is 2. The van der Waals surface area contributed by atoms with Crippen LogP contribution in [0.5, 0.6) is 11.8 Å². The first-order valence-electron chi connectivity index (χ1n) is 6.80. The summed E-state index contributed by atoms with van der Waals surface area (Å²) < 4.78 is 15.2. The topological polar surface area (TPSA) is 140 Å². The van der Waals surface area contributed by atoms with Crippen LogP contribution in [0.25, 0.3) is 11.0 Å². The summed E-state index contributed by atoms with van der Waals surface area (Å²) in [7, 11) is 4.10. The van der Waals surface area contributed by atoms with E-state index < -0.39 is 16.9 Å². The molecule has 2 N–H and O–H groups in total. The van der Waals surface area contributed by atoms with E-state index in [1.807, 2.05) is 0 Å². The van der Waals surface area contributed by atoms with Crippen molar-refractivity contribution >= 4 is 22.6 Å². The Labute approximate surface area is 136 Å². The van der Waals surface area contributed by atoms with Gasteiger partial charge in [-0.25, -0.2) is 9.97 Å². The minimum absolute atomic E-state index is 0.00811. The van der Waals surface area contributed by atoms with Crippen LogP contribution in [-0.2, 0) is 16.0 Å². The van der Waals surface area contributed by atoms with Gasteiger partial charge in [0.25, 0.3) is 17.4 Å². The van der Waals surface area contributed by atoms with E-state index in [9.17, 15) is 14.9 Å². The van der Waals surface area contributed by atoms with Gasteiger partial charge < -0.3 is 19.9 Å². The number of benzene rings is 1. The largest absolute Gasteiger partial charge is 0.477 e. The molecule has 1 amide bonds. The van der Waals surface area contributed by atoms with Crippen LogP contribution in [0.3, 0.4) is 0 Å². The maximum atomic E-state index is 11.4. The number of nitro groups is 1. The maximum Gasteiger partial charge on any atom is 0.278 e. The number of hydrogen-bond donors (Lipinski definition) is 1. The number of nitrogens with two attached hydrogens (primary N) is 1. The van der Waals surface area contributed by atoms with E-state index in [-0.39, 0.29) is 29.4 Å². The highest BCUT2D eigenvalue weighted by molar-refractivity contribution is 5.84. The highest BCUT2D eigenvalue weighted by Gasteiger charge is 2.22. The van der Waals surface area contributed by atoms with Crippen molar-refractivity contribution in [3.63, 3.8) is 0 Å². The smallest absolute Gasteiger partial charge is 0.278 e. The number of nitrogens with zero attached hydrogens (tertiary/aromatic N) is 3. The number of carbonyl (C=O) groups excluding carboxylic acids is 1. The molecule has 24 heavy (non-hydrogen) atoms. The Balaban J connectivity index is 2.69. The Bertz CT molecular complexity index is 794. The number of carbonyl (C=O) groups is 1. The summed E-state index contributed by atoms with van der Waals surface area (Å²) in [6.07, 6.45) is -0.945. The molecule has 2 rings (SSSR count). The van der Waals surface area contributed by atoms with E-state index >= 15 is 0 Å². The van der Waals surface area contributed by atoms with Crippen molar-refractivity contribution in [2.75, 3.05) is 21.3 Å². The van der Waals surface area contributed by atoms with Gasteiger partial charge >= 0.3 is 0 Å². The lowest BCUT2D eigenvalue weighted by atomic mass is 10.0. The van der Waals surface area contributed by atoms with Gasteiger partial charge in [-0.3, -0.25) is 14.9 Å². The molecule has 0 bridgehead atoms. The van der Waals surface area contributed by atoms with E-state index in [2.05, 4.69) is 9.97 Å². The first-order chi connectivity index (χ1) is 11.4. The minimum atomic E-state index is -0.954. The molecule has 1 atom stereocenters. The fraction of sp³-hybridized carbons (Fsp3) is 0.357. The summed E-state index contributed by atoms with van der Waals surface area (Å²) >= 11 is 0. The number of nitro benzene ring substituents is 1. The third kappa shape index (κ3) is 3.33. The molecule has 0 saturated carbocycles. The quantitative estimate of drug-likeness (QED) is 0.572. The second-order valence-corrected chi connectivity index (χ2v) is 4.80. The summed E-state index contributed by atoms with van der Waals surface area (Å²) in [5.41, 5.74) is 6.02. The van der Waals surface area contributed by atoms with Crippen LogP contribution in [0.15, 0.2) is 12.1 Å². The lowest BCUT2D eigenvalue weighted by Gasteiger charge is -2.14. The van der Waals surface area contributed by atoms with Gasteiger partial charge in [0, 0.05) is 25.7 Å². The summed E-state index contributed by atoms with van der Waals surface area (Å²) in [4.78, 5) is 30.4. The van der Waals surface area contributed by atoms with Crippen molar-refractivity contribution in [3.05, 3.63) is 27.8 Å². The molecule has 0 aliphatic carbocycles. The molecular formula is C14H16N4O6. The molecule has 10 heteroatoms. The molecule has 0 aliphatic heterocycles. The number of hydrogen-bond acceptors (Lipinski definition) is 8. The van der Waals surface area contributed by atoms with Crippen LogP contribution < -0.4 is 15.2 Å².